The first-order chi connectivity index (χ1) is 8.16. The van der Waals surface area contributed by atoms with Gasteiger partial charge < -0.3 is 5.32 Å². The molecule has 2 aromatic rings. The molecule has 0 amide bonds. The normalized spacial score (nSPS) is 9.94. The van der Waals surface area contributed by atoms with Crippen LogP contribution in [0.5, 0.6) is 0 Å². The Balaban J connectivity index is 2.33. The predicted molar refractivity (Wildman–Crippen MR) is 63.1 cm³/mol. The molecule has 0 aliphatic heterocycles. The van der Waals surface area contributed by atoms with Gasteiger partial charge in [0.1, 0.15) is 5.82 Å². The molecule has 0 aliphatic rings. The van der Waals surface area contributed by atoms with Crippen LogP contribution in [0, 0.1) is 17.0 Å². The third-order valence-corrected chi connectivity index (χ3v) is 2.12. The van der Waals surface area contributed by atoms with Gasteiger partial charge in [0.05, 0.1) is 4.92 Å². The van der Waals surface area contributed by atoms with Crippen molar-refractivity contribution in [1.29, 1.82) is 0 Å². The number of nitrogens with one attached hydrogen (secondary N) is 1. The molecule has 0 bridgehead atoms. The van der Waals surface area contributed by atoms with Crippen molar-refractivity contribution in [2.45, 2.75) is 6.92 Å². The predicted octanol–water partition coefficient (Wildman–Crippen LogP) is 2.44. The van der Waals surface area contributed by atoms with E-state index in [4.69, 9.17) is 0 Å². The van der Waals surface area contributed by atoms with Crippen molar-refractivity contribution in [3.8, 4) is 0 Å². The van der Waals surface area contributed by atoms with E-state index in [9.17, 15) is 10.1 Å². The Bertz CT molecular complexity index is 557. The molecule has 0 atom stereocenters. The van der Waals surface area contributed by atoms with E-state index in [0.29, 0.717) is 5.82 Å². The summed E-state index contributed by atoms with van der Waals surface area (Å²) in [6.45, 7) is 1.85. The van der Waals surface area contributed by atoms with Crippen LogP contribution < -0.4 is 5.32 Å². The standard InChI is InChI=1S/C11H10N4O2/c1-8-4-2-6-10(13-8)14-11-9(15(16)17)5-3-7-12-11/h2-7H,1H3,(H,12,13,14). The molecule has 0 spiro atoms. The summed E-state index contributed by atoms with van der Waals surface area (Å²) in [4.78, 5) is 18.4. The average Bonchev–Trinajstić information content (AvgIpc) is 2.29. The molecule has 2 rings (SSSR count). The summed E-state index contributed by atoms with van der Waals surface area (Å²) in [6.07, 6.45) is 1.49. The fourth-order valence-corrected chi connectivity index (χ4v) is 1.37. The van der Waals surface area contributed by atoms with Gasteiger partial charge in [-0.15, -0.1) is 0 Å². The molecule has 86 valence electrons. The Labute approximate surface area is 97.5 Å². The van der Waals surface area contributed by atoms with Gasteiger partial charge in [-0.25, -0.2) is 9.97 Å². The quantitative estimate of drug-likeness (QED) is 0.646. The lowest BCUT2D eigenvalue weighted by molar-refractivity contribution is -0.384. The number of pyridine rings is 2. The van der Waals surface area contributed by atoms with Crippen LogP contribution in [0.4, 0.5) is 17.3 Å². The van der Waals surface area contributed by atoms with E-state index < -0.39 is 4.92 Å². The smallest absolute Gasteiger partial charge is 0.311 e. The molecular formula is C11H10N4O2. The van der Waals surface area contributed by atoms with Crippen LogP contribution in [0.25, 0.3) is 0 Å². The zero-order valence-electron chi connectivity index (χ0n) is 9.12. The van der Waals surface area contributed by atoms with E-state index in [2.05, 4.69) is 15.3 Å². The first-order valence-corrected chi connectivity index (χ1v) is 4.97. The molecule has 6 heteroatoms. The average molecular weight is 230 g/mol. The summed E-state index contributed by atoms with van der Waals surface area (Å²) < 4.78 is 0. The van der Waals surface area contributed by atoms with Gasteiger partial charge in [0.2, 0.25) is 5.82 Å². The van der Waals surface area contributed by atoms with E-state index >= 15 is 0 Å². The highest BCUT2D eigenvalue weighted by Gasteiger charge is 2.14. The van der Waals surface area contributed by atoms with Crippen molar-refractivity contribution in [1.82, 2.24) is 9.97 Å². The molecule has 6 nitrogen and oxygen atoms in total. The minimum atomic E-state index is -0.481. The minimum Gasteiger partial charge on any atom is -0.319 e. The van der Waals surface area contributed by atoms with Gasteiger partial charge in [0, 0.05) is 18.0 Å². The number of rotatable bonds is 3. The van der Waals surface area contributed by atoms with Crippen LogP contribution in [-0.2, 0) is 0 Å². The maximum Gasteiger partial charge on any atom is 0.311 e. The molecule has 0 aliphatic carbocycles. The van der Waals surface area contributed by atoms with E-state index in [1.165, 1.54) is 18.3 Å². The molecule has 0 unspecified atom stereocenters. The Morgan fingerprint density at radius 3 is 2.82 bits per heavy atom. The molecule has 0 fully saturated rings. The van der Waals surface area contributed by atoms with Crippen LogP contribution in [-0.4, -0.2) is 14.9 Å². The van der Waals surface area contributed by atoms with Crippen molar-refractivity contribution in [3.63, 3.8) is 0 Å². The Hall–Kier alpha value is -2.50. The lowest BCUT2D eigenvalue weighted by Gasteiger charge is -2.05. The van der Waals surface area contributed by atoms with Gasteiger partial charge in [0.25, 0.3) is 0 Å². The van der Waals surface area contributed by atoms with E-state index in [-0.39, 0.29) is 11.5 Å². The Kier molecular flexibility index (Phi) is 2.95. The number of anilines is 2. The largest absolute Gasteiger partial charge is 0.319 e. The highest BCUT2D eigenvalue weighted by Crippen LogP contribution is 2.23. The van der Waals surface area contributed by atoms with Gasteiger partial charge in [-0.2, -0.15) is 0 Å². The Morgan fingerprint density at radius 2 is 2.12 bits per heavy atom. The van der Waals surface area contributed by atoms with Gasteiger partial charge in [-0.05, 0) is 25.1 Å². The summed E-state index contributed by atoms with van der Waals surface area (Å²) in [5.41, 5.74) is 0.754. The Morgan fingerprint density at radius 1 is 1.29 bits per heavy atom. The summed E-state index contributed by atoms with van der Waals surface area (Å²) in [6, 6.07) is 8.31. The van der Waals surface area contributed by atoms with Crippen LogP contribution in [0.3, 0.4) is 0 Å². The van der Waals surface area contributed by atoms with E-state index in [1.807, 2.05) is 19.1 Å². The van der Waals surface area contributed by atoms with Crippen LogP contribution in [0.1, 0.15) is 5.69 Å². The van der Waals surface area contributed by atoms with Crippen molar-refractivity contribution < 1.29 is 4.92 Å². The maximum atomic E-state index is 10.8. The molecule has 17 heavy (non-hydrogen) atoms. The third-order valence-electron chi connectivity index (χ3n) is 2.12. The van der Waals surface area contributed by atoms with E-state index in [1.54, 1.807) is 6.07 Å². The molecular weight excluding hydrogens is 220 g/mol. The number of aromatic nitrogens is 2. The van der Waals surface area contributed by atoms with Crippen molar-refractivity contribution in [2.75, 3.05) is 5.32 Å². The second-order valence-electron chi connectivity index (χ2n) is 3.42. The highest BCUT2D eigenvalue weighted by molar-refractivity contribution is 5.62. The van der Waals surface area contributed by atoms with Crippen LogP contribution >= 0.6 is 0 Å². The molecule has 0 saturated carbocycles. The lowest BCUT2D eigenvalue weighted by atomic mass is 10.3. The van der Waals surface area contributed by atoms with Gasteiger partial charge in [0.15, 0.2) is 0 Å². The van der Waals surface area contributed by atoms with Gasteiger partial charge >= 0.3 is 5.69 Å². The number of aryl methyl sites for hydroxylation is 1. The maximum absolute atomic E-state index is 10.8. The third kappa shape index (κ3) is 2.54. The second kappa shape index (κ2) is 4.56. The van der Waals surface area contributed by atoms with Crippen molar-refractivity contribution in [3.05, 3.63) is 52.3 Å². The number of nitrogens with zero attached hydrogens (tertiary/aromatic N) is 3. The van der Waals surface area contributed by atoms with Crippen LogP contribution in [0.2, 0.25) is 0 Å². The van der Waals surface area contributed by atoms with Gasteiger partial charge in [-0.1, -0.05) is 6.07 Å². The van der Waals surface area contributed by atoms with Crippen molar-refractivity contribution >= 4 is 17.3 Å². The fraction of sp³-hybridized carbons (Fsp3) is 0.0909. The minimum absolute atomic E-state index is 0.0733. The topological polar surface area (TPSA) is 81.0 Å². The zero-order chi connectivity index (χ0) is 12.3. The van der Waals surface area contributed by atoms with Gasteiger partial charge in [-0.3, -0.25) is 10.1 Å². The summed E-state index contributed by atoms with van der Waals surface area (Å²) in [7, 11) is 0. The molecule has 1 N–H and O–H groups in total. The lowest BCUT2D eigenvalue weighted by Crippen LogP contribution is -2.00. The van der Waals surface area contributed by atoms with Crippen LogP contribution in [0.15, 0.2) is 36.5 Å². The summed E-state index contributed by atoms with van der Waals surface area (Å²) >= 11 is 0. The second-order valence-corrected chi connectivity index (χ2v) is 3.42. The molecule has 0 saturated heterocycles. The number of hydrogen-bond donors (Lipinski definition) is 1. The first kappa shape index (κ1) is 11.0. The first-order valence-electron chi connectivity index (χ1n) is 4.97. The van der Waals surface area contributed by atoms with Crippen molar-refractivity contribution in [2.24, 2.45) is 0 Å². The molecule has 0 radical (unpaired) electrons. The SMILES string of the molecule is Cc1cccc(Nc2ncccc2[N+](=O)[O-])n1. The zero-order valence-corrected chi connectivity index (χ0v) is 9.12. The molecule has 2 aromatic heterocycles. The molecule has 2 heterocycles. The van der Waals surface area contributed by atoms with E-state index in [0.717, 1.165) is 5.69 Å². The fourth-order valence-electron chi connectivity index (χ4n) is 1.37. The monoisotopic (exact) mass is 230 g/mol. The molecule has 0 aromatic carbocycles. The number of hydrogen-bond acceptors (Lipinski definition) is 5. The summed E-state index contributed by atoms with van der Waals surface area (Å²) in [5, 5.41) is 13.6. The highest BCUT2D eigenvalue weighted by atomic mass is 16.6. The number of nitro groups is 1. The summed E-state index contributed by atoms with van der Waals surface area (Å²) in [5.74, 6) is 0.724.